The molecule has 1 aromatic heterocycles. The molecule has 0 aliphatic carbocycles. The number of aryl methyl sites for hydroxylation is 2. The highest BCUT2D eigenvalue weighted by atomic mass is 16.1. The Morgan fingerprint density at radius 2 is 1.44 bits per heavy atom. The van der Waals surface area contributed by atoms with Crippen molar-refractivity contribution in [2.45, 2.75) is 13.8 Å². The highest BCUT2D eigenvalue weighted by Crippen LogP contribution is 2.27. The van der Waals surface area contributed by atoms with E-state index in [1.54, 1.807) is 12.3 Å². The lowest BCUT2D eigenvalue weighted by molar-refractivity contribution is 0.791. The Kier molecular flexibility index (Phi) is 3.69. The van der Waals surface area contributed by atoms with Crippen LogP contribution in [0.3, 0.4) is 0 Å². The van der Waals surface area contributed by atoms with E-state index in [0.29, 0.717) is 0 Å². The minimum atomic E-state index is -0.113. The second-order valence-corrected chi connectivity index (χ2v) is 6.30. The van der Waals surface area contributed by atoms with E-state index in [9.17, 15) is 4.79 Å². The van der Waals surface area contributed by atoms with Crippen molar-refractivity contribution in [3.8, 4) is 0 Å². The van der Waals surface area contributed by atoms with Crippen LogP contribution in [0.15, 0.2) is 76.6 Å². The van der Waals surface area contributed by atoms with Gasteiger partial charge in [-0.3, -0.25) is 4.79 Å². The molecule has 0 saturated heterocycles. The summed E-state index contributed by atoms with van der Waals surface area (Å²) in [6.45, 7) is 3.81. The van der Waals surface area contributed by atoms with Crippen molar-refractivity contribution >= 4 is 27.8 Å². The predicted octanol–water partition coefficient (Wildman–Crippen LogP) is 4.65. The van der Waals surface area contributed by atoms with Crippen molar-refractivity contribution in [2.75, 3.05) is 0 Å². The van der Waals surface area contributed by atoms with Gasteiger partial charge in [-0.1, -0.05) is 48.5 Å². The van der Waals surface area contributed by atoms with Crippen molar-refractivity contribution in [3.63, 3.8) is 0 Å². The van der Waals surface area contributed by atoms with Crippen molar-refractivity contribution in [2.24, 2.45) is 5.10 Å². The fourth-order valence-corrected chi connectivity index (χ4v) is 3.31. The molecule has 0 aliphatic heterocycles. The quantitative estimate of drug-likeness (QED) is 0.390. The molecule has 0 unspecified atom stereocenters. The van der Waals surface area contributed by atoms with Crippen LogP contribution in [-0.4, -0.2) is 10.9 Å². The number of pyridine rings is 1. The van der Waals surface area contributed by atoms with E-state index in [1.807, 2.05) is 44.2 Å². The number of hydrogen-bond acceptors (Lipinski definition) is 2. The van der Waals surface area contributed by atoms with Gasteiger partial charge in [0.05, 0.1) is 6.21 Å². The second kappa shape index (κ2) is 6.02. The Balaban J connectivity index is 1.98. The van der Waals surface area contributed by atoms with E-state index in [1.165, 1.54) is 4.68 Å². The minimum Gasteiger partial charge on any atom is -0.267 e. The highest BCUT2D eigenvalue weighted by Gasteiger charge is 2.06. The topological polar surface area (TPSA) is 34.4 Å². The van der Waals surface area contributed by atoms with Gasteiger partial charge < -0.3 is 0 Å². The van der Waals surface area contributed by atoms with E-state index < -0.39 is 0 Å². The summed E-state index contributed by atoms with van der Waals surface area (Å²) < 4.78 is 1.45. The number of aromatic nitrogens is 1. The maximum atomic E-state index is 12.3. The average molecular weight is 326 g/mol. The second-order valence-electron chi connectivity index (χ2n) is 6.30. The molecule has 0 bridgehead atoms. The molecule has 0 N–H and O–H groups in total. The smallest absolute Gasteiger partial charge is 0.267 e. The first kappa shape index (κ1) is 15.3. The molecule has 1 heterocycles. The molecule has 4 aromatic rings. The molecule has 0 spiro atoms. The maximum Gasteiger partial charge on any atom is 0.271 e. The van der Waals surface area contributed by atoms with Crippen LogP contribution in [0.5, 0.6) is 0 Å². The Morgan fingerprint density at radius 3 is 2.04 bits per heavy atom. The molecule has 3 heteroatoms. The van der Waals surface area contributed by atoms with Crippen LogP contribution in [-0.2, 0) is 0 Å². The van der Waals surface area contributed by atoms with Gasteiger partial charge in [-0.05, 0) is 53.1 Å². The van der Waals surface area contributed by atoms with Gasteiger partial charge in [0.15, 0.2) is 0 Å². The number of fused-ring (bicyclic) bond motifs is 2. The normalized spacial score (nSPS) is 11.6. The summed E-state index contributed by atoms with van der Waals surface area (Å²) in [5, 5.41) is 9.08. The highest BCUT2D eigenvalue weighted by molar-refractivity contribution is 6.13. The Morgan fingerprint density at radius 1 is 0.840 bits per heavy atom. The van der Waals surface area contributed by atoms with E-state index >= 15 is 0 Å². The third-order valence-corrected chi connectivity index (χ3v) is 4.45. The number of rotatable bonds is 2. The third-order valence-electron chi connectivity index (χ3n) is 4.45. The van der Waals surface area contributed by atoms with Gasteiger partial charge in [0.25, 0.3) is 5.56 Å². The van der Waals surface area contributed by atoms with E-state index in [-0.39, 0.29) is 5.56 Å². The molecule has 0 saturated carbocycles. The molecular weight excluding hydrogens is 308 g/mol. The van der Waals surface area contributed by atoms with E-state index in [2.05, 4.69) is 35.4 Å². The fourth-order valence-electron chi connectivity index (χ4n) is 3.31. The standard InChI is InChI=1S/C22H18N2O/c1-15-11-16(2)24(22(25)12-15)23-14-21-19-9-5-3-7-17(19)13-18-8-4-6-10-20(18)21/h3-14H,1-2H3/b23-14+. The number of hydrogen-bond donors (Lipinski definition) is 0. The first-order valence-corrected chi connectivity index (χ1v) is 8.28. The Bertz CT molecular complexity index is 1130. The summed E-state index contributed by atoms with van der Waals surface area (Å²) in [5.74, 6) is 0. The van der Waals surface area contributed by atoms with Crippen LogP contribution < -0.4 is 5.56 Å². The summed E-state index contributed by atoms with van der Waals surface area (Å²) in [7, 11) is 0. The van der Waals surface area contributed by atoms with Gasteiger partial charge in [-0.15, -0.1) is 0 Å². The molecule has 4 rings (SSSR count). The molecule has 0 aliphatic rings. The SMILES string of the molecule is Cc1cc(C)n(/N=C/c2c3ccccc3cc3ccccc23)c(=O)c1. The van der Waals surface area contributed by atoms with Crippen LogP contribution in [0.4, 0.5) is 0 Å². The minimum absolute atomic E-state index is 0.113. The van der Waals surface area contributed by atoms with Crippen LogP contribution in [0.25, 0.3) is 21.5 Å². The summed E-state index contributed by atoms with van der Waals surface area (Å²) in [6.07, 6.45) is 1.80. The third kappa shape index (κ3) is 2.74. The zero-order valence-corrected chi connectivity index (χ0v) is 14.2. The number of nitrogens with zero attached hydrogens (tertiary/aromatic N) is 2. The predicted molar refractivity (Wildman–Crippen MR) is 105 cm³/mol. The van der Waals surface area contributed by atoms with Gasteiger partial charge in [-0.2, -0.15) is 5.10 Å². The first-order chi connectivity index (χ1) is 12.1. The summed E-state index contributed by atoms with van der Waals surface area (Å²) >= 11 is 0. The lowest BCUT2D eigenvalue weighted by atomic mass is 9.97. The molecule has 0 radical (unpaired) electrons. The summed E-state index contributed by atoms with van der Waals surface area (Å²) in [5.41, 5.74) is 2.69. The Hall–Kier alpha value is -3.20. The van der Waals surface area contributed by atoms with Crippen LogP contribution in [0.1, 0.15) is 16.8 Å². The molecule has 3 nitrogen and oxygen atoms in total. The van der Waals surface area contributed by atoms with Crippen molar-refractivity contribution in [3.05, 3.63) is 93.9 Å². The van der Waals surface area contributed by atoms with Crippen LogP contribution in [0.2, 0.25) is 0 Å². The molecule has 0 amide bonds. The number of benzene rings is 3. The average Bonchev–Trinajstić information content (AvgIpc) is 2.60. The molecule has 0 fully saturated rings. The van der Waals surface area contributed by atoms with Crippen LogP contribution in [0, 0.1) is 13.8 Å². The van der Waals surface area contributed by atoms with E-state index in [4.69, 9.17) is 0 Å². The van der Waals surface area contributed by atoms with Crippen molar-refractivity contribution in [1.82, 2.24) is 4.68 Å². The zero-order chi connectivity index (χ0) is 17.4. The molecule has 3 aromatic carbocycles. The lowest BCUT2D eigenvalue weighted by Gasteiger charge is -2.09. The van der Waals surface area contributed by atoms with Gasteiger partial charge in [-0.25, -0.2) is 4.68 Å². The lowest BCUT2D eigenvalue weighted by Crippen LogP contribution is -2.18. The van der Waals surface area contributed by atoms with Crippen molar-refractivity contribution < 1.29 is 0 Å². The Labute approximate surface area is 145 Å². The van der Waals surface area contributed by atoms with Crippen LogP contribution >= 0.6 is 0 Å². The molecule has 25 heavy (non-hydrogen) atoms. The van der Waals surface area contributed by atoms with Gasteiger partial charge >= 0.3 is 0 Å². The van der Waals surface area contributed by atoms with Gasteiger partial charge in [0.1, 0.15) is 0 Å². The molecule has 122 valence electrons. The monoisotopic (exact) mass is 326 g/mol. The van der Waals surface area contributed by atoms with Gasteiger partial charge in [0.2, 0.25) is 0 Å². The zero-order valence-electron chi connectivity index (χ0n) is 14.2. The molecular formula is C22H18N2O. The van der Waals surface area contributed by atoms with Gasteiger partial charge in [0, 0.05) is 17.3 Å². The maximum absolute atomic E-state index is 12.3. The summed E-state index contributed by atoms with van der Waals surface area (Å²) in [6, 6.07) is 22.2. The summed E-state index contributed by atoms with van der Waals surface area (Å²) in [4.78, 5) is 12.3. The molecule has 0 atom stereocenters. The van der Waals surface area contributed by atoms with E-state index in [0.717, 1.165) is 38.4 Å². The largest absolute Gasteiger partial charge is 0.271 e. The van der Waals surface area contributed by atoms with Crippen molar-refractivity contribution in [1.29, 1.82) is 0 Å². The first-order valence-electron chi connectivity index (χ1n) is 8.28. The fraction of sp³-hybridized carbons (Fsp3) is 0.0909.